The Morgan fingerprint density at radius 3 is 1.60 bits per heavy atom. The number of hydrogen-bond acceptors (Lipinski definition) is 4. The molecule has 0 bridgehead atoms. The molecule has 0 atom stereocenters. The summed E-state index contributed by atoms with van der Waals surface area (Å²) in [4.78, 5) is 22.2. The average Bonchev–Trinajstić information content (AvgIpc) is 1.58. The van der Waals surface area contributed by atoms with Crippen molar-refractivity contribution in [3.05, 3.63) is 0 Å². The zero-order valence-corrected chi connectivity index (χ0v) is 8.17. The van der Waals surface area contributed by atoms with Crippen LogP contribution in [0.25, 0.3) is 0 Å². The molecule has 0 aromatic rings. The zero-order valence-electron chi connectivity index (χ0n) is 6.01. The van der Waals surface area contributed by atoms with Crippen LogP contribution >= 0.6 is 20.6 Å². The van der Waals surface area contributed by atoms with Crippen molar-refractivity contribution in [2.24, 2.45) is 0 Å². The maximum absolute atomic E-state index is 10.3. The minimum atomic E-state index is -2.18. The summed E-state index contributed by atoms with van der Waals surface area (Å²) in [6, 6.07) is 0. The standard InChI is InChI=1S/C5H9IO4/c1-4(7)9-6(3)10-5(2)8/h1-3H3. The fraction of sp³-hybridized carbons (Fsp3) is 0.600. The third-order valence-electron chi connectivity index (χ3n) is 0.435. The van der Waals surface area contributed by atoms with Crippen LogP contribution in [0.5, 0.6) is 0 Å². The van der Waals surface area contributed by atoms with E-state index in [0.717, 1.165) is 0 Å². The molecule has 0 aliphatic rings. The normalized spacial score (nSPS) is 10.1. The molecule has 0 unspecified atom stereocenters. The molecule has 0 aromatic carbocycles. The fourth-order valence-corrected chi connectivity index (χ4v) is 2.16. The van der Waals surface area contributed by atoms with Gasteiger partial charge in [-0.3, -0.25) is 0 Å². The van der Waals surface area contributed by atoms with E-state index in [1.54, 1.807) is 4.93 Å². The quantitative estimate of drug-likeness (QED) is 0.550. The maximum atomic E-state index is 10.3. The van der Waals surface area contributed by atoms with E-state index in [2.05, 4.69) is 6.13 Å². The third kappa shape index (κ3) is 5.80. The number of hydrogen-bond donors (Lipinski definition) is 0. The molecule has 0 saturated heterocycles. The van der Waals surface area contributed by atoms with E-state index in [9.17, 15) is 9.59 Å². The van der Waals surface area contributed by atoms with Gasteiger partial charge < -0.3 is 0 Å². The van der Waals surface area contributed by atoms with Crippen molar-refractivity contribution in [3.8, 4) is 0 Å². The van der Waals surface area contributed by atoms with Gasteiger partial charge in [-0.15, -0.1) is 0 Å². The van der Waals surface area contributed by atoms with Gasteiger partial charge in [0.1, 0.15) is 0 Å². The van der Waals surface area contributed by atoms with Crippen molar-refractivity contribution in [2.75, 3.05) is 4.93 Å². The van der Waals surface area contributed by atoms with Crippen molar-refractivity contribution in [3.63, 3.8) is 0 Å². The zero-order chi connectivity index (χ0) is 8.15. The van der Waals surface area contributed by atoms with Gasteiger partial charge in [0.05, 0.1) is 0 Å². The Balaban J connectivity index is 3.53. The molecule has 0 radical (unpaired) electrons. The van der Waals surface area contributed by atoms with Crippen molar-refractivity contribution in [1.82, 2.24) is 0 Å². The van der Waals surface area contributed by atoms with Crippen molar-refractivity contribution in [1.29, 1.82) is 0 Å². The van der Waals surface area contributed by atoms with Gasteiger partial charge in [0.2, 0.25) is 0 Å². The summed E-state index contributed by atoms with van der Waals surface area (Å²) in [5.74, 6) is -0.789. The molecule has 0 saturated carbocycles. The van der Waals surface area contributed by atoms with E-state index in [1.165, 1.54) is 13.8 Å². The van der Waals surface area contributed by atoms with Gasteiger partial charge in [-0.2, -0.15) is 0 Å². The molecular weight excluding hydrogens is 251 g/mol. The monoisotopic (exact) mass is 260 g/mol. The average molecular weight is 260 g/mol. The third-order valence-corrected chi connectivity index (χ3v) is 2.92. The van der Waals surface area contributed by atoms with Gasteiger partial charge in [0.25, 0.3) is 0 Å². The van der Waals surface area contributed by atoms with Crippen LogP contribution < -0.4 is 0 Å². The Morgan fingerprint density at radius 2 is 1.40 bits per heavy atom. The second kappa shape index (κ2) is 4.48. The van der Waals surface area contributed by atoms with Gasteiger partial charge in [-0.25, -0.2) is 0 Å². The first-order valence-electron chi connectivity index (χ1n) is 2.50. The summed E-state index contributed by atoms with van der Waals surface area (Å²) in [7, 11) is 0. The number of rotatable bonds is 2. The first kappa shape index (κ1) is 9.67. The first-order chi connectivity index (χ1) is 4.52. The summed E-state index contributed by atoms with van der Waals surface area (Å²) >= 11 is -2.18. The summed E-state index contributed by atoms with van der Waals surface area (Å²) in [6.45, 7) is 2.58. The van der Waals surface area contributed by atoms with E-state index < -0.39 is 32.6 Å². The van der Waals surface area contributed by atoms with E-state index >= 15 is 0 Å². The van der Waals surface area contributed by atoms with Crippen molar-refractivity contribution in [2.45, 2.75) is 13.8 Å². The Morgan fingerprint density at radius 1 is 1.10 bits per heavy atom. The summed E-state index contributed by atoms with van der Waals surface area (Å²) < 4.78 is 9.27. The van der Waals surface area contributed by atoms with Crippen molar-refractivity contribution < 1.29 is 15.7 Å². The molecule has 0 aliphatic heterocycles. The van der Waals surface area contributed by atoms with Crippen LogP contribution in [0, 0.1) is 0 Å². The summed E-state index contributed by atoms with van der Waals surface area (Å²) in [5, 5.41) is 0. The Bertz CT molecular complexity index is 129. The Hall–Kier alpha value is -0.330. The molecular formula is C5H9IO4. The number of halogens is 1. The van der Waals surface area contributed by atoms with E-state index in [4.69, 9.17) is 0 Å². The topological polar surface area (TPSA) is 52.6 Å². The van der Waals surface area contributed by atoms with E-state index in [0.29, 0.717) is 0 Å². The molecule has 0 rings (SSSR count). The molecule has 5 heteroatoms. The summed E-state index contributed by atoms with van der Waals surface area (Å²) in [5.41, 5.74) is 0. The van der Waals surface area contributed by atoms with Gasteiger partial charge in [-0.1, -0.05) is 0 Å². The molecule has 0 spiro atoms. The SMILES string of the molecule is CC(=O)OI(C)OC(C)=O. The molecule has 10 heavy (non-hydrogen) atoms. The van der Waals surface area contributed by atoms with Crippen LogP contribution in [0.15, 0.2) is 0 Å². The molecule has 0 fully saturated rings. The number of alkyl halides is 1. The second-order valence-corrected chi connectivity index (χ2v) is 4.51. The fourth-order valence-electron chi connectivity index (χ4n) is 0.322. The molecule has 60 valence electrons. The number of carbonyl (C=O) groups is 2. The van der Waals surface area contributed by atoms with Crippen LogP contribution in [0.4, 0.5) is 0 Å². The molecule has 0 aromatic heterocycles. The number of carbonyl (C=O) groups excluding carboxylic acids is 2. The van der Waals surface area contributed by atoms with Gasteiger partial charge >= 0.3 is 67.1 Å². The van der Waals surface area contributed by atoms with Gasteiger partial charge in [-0.05, 0) is 0 Å². The van der Waals surface area contributed by atoms with Crippen LogP contribution in [0.2, 0.25) is 0 Å². The minimum absolute atomic E-state index is 0.394. The van der Waals surface area contributed by atoms with Gasteiger partial charge in [0.15, 0.2) is 0 Å². The first-order valence-corrected chi connectivity index (χ1v) is 6.42. The van der Waals surface area contributed by atoms with Crippen LogP contribution in [0.1, 0.15) is 13.8 Å². The molecule has 0 amide bonds. The Labute approximate surface area is 67.4 Å². The predicted octanol–water partition coefficient (Wildman–Crippen LogP) is 1.08. The molecule has 0 heterocycles. The predicted molar refractivity (Wildman–Crippen MR) is 43.5 cm³/mol. The second-order valence-electron chi connectivity index (χ2n) is 1.51. The summed E-state index contributed by atoms with van der Waals surface area (Å²) in [6.07, 6.45) is 0. The molecule has 0 N–H and O–H groups in total. The molecule has 0 aliphatic carbocycles. The van der Waals surface area contributed by atoms with E-state index in [1.807, 2.05) is 0 Å². The Kier molecular flexibility index (Phi) is 4.33. The van der Waals surface area contributed by atoms with E-state index in [-0.39, 0.29) is 0 Å². The van der Waals surface area contributed by atoms with Crippen LogP contribution in [-0.2, 0) is 15.7 Å². The van der Waals surface area contributed by atoms with Gasteiger partial charge in [0, 0.05) is 0 Å². The van der Waals surface area contributed by atoms with Crippen molar-refractivity contribution >= 4 is 32.6 Å². The van der Waals surface area contributed by atoms with Crippen LogP contribution in [0.3, 0.4) is 0 Å². The van der Waals surface area contributed by atoms with Crippen LogP contribution in [-0.4, -0.2) is 16.9 Å². The molecule has 4 nitrogen and oxygen atoms in total.